The third-order valence-corrected chi connectivity index (χ3v) is 9.11. The Morgan fingerprint density at radius 1 is 1.08 bits per heavy atom. The molecule has 1 saturated carbocycles. The second-order valence-corrected chi connectivity index (χ2v) is 11.3. The number of alkyl halides is 5. The highest BCUT2D eigenvalue weighted by Gasteiger charge is 2.46. The fourth-order valence-electron chi connectivity index (χ4n) is 4.47. The molecule has 0 radical (unpaired) electrons. The first-order chi connectivity index (χ1) is 17.8. The normalized spacial score (nSPS) is 18.7. The largest absolute Gasteiger partial charge is 0.416 e. The summed E-state index contributed by atoms with van der Waals surface area (Å²) in [6.07, 6.45) is -5.57. The lowest BCUT2D eigenvalue weighted by Gasteiger charge is -2.39. The number of carbonyl (C=O) groups excluding carboxylic acids is 1. The molecule has 3 atom stereocenters. The van der Waals surface area contributed by atoms with Crippen LogP contribution in [-0.2, 0) is 27.4 Å². The minimum Gasteiger partial charge on any atom is -0.352 e. The summed E-state index contributed by atoms with van der Waals surface area (Å²) >= 11 is 0. The highest BCUT2D eigenvalue weighted by molar-refractivity contribution is 7.92. The molecule has 1 aliphatic rings. The summed E-state index contributed by atoms with van der Waals surface area (Å²) in [6.45, 7) is 1.21. The highest BCUT2D eigenvalue weighted by Crippen LogP contribution is 2.41. The molecule has 1 N–H and O–H groups in total. The molecule has 6 nitrogen and oxygen atoms in total. The molecule has 2 unspecified atom stereocenters. The summed E-state index contributed by atoms with van der Waals surface area (Å²) in [5, 5.41) is 5.47. The second kappa shape index (κ2) is 10.4. The van der Waals surface area contributed by atoms with Crippen molar-refractivity contribution in [2.45, 2.75) is 49.1 Å². The van der Waals surface area contributed by atoms with E-state index in [1.54, 1.807) is 6.92 Å². The van der Waals surface area contributed by atoms with Crippen LogP contribution in [0, 0.1) is 17.7 Å². The van der Waals surface area contributed by atoms with Gasteiger partial charge in [0.2, 0.25) is 5.91 Å². The molecule has 0 bridgehead atoms. The number of amides is 1. The molecular formula is C25H23F6N3O3S. The maximum atomic E-state index is 13.6. The van der Waals surface area contributed by atoms with Crippen molar-refractivity contribution in [1.82, 2.24) is 15.1 Å². The van der Waals surface area contributed by atoms with Crippen LogP contribution in [0.5, 0.6) is 0 Å². The Bertz CT molecular complexity index is 1400. The number of aromatic nitrogens is 2. The van der Waals surface area contributed by atoms with Crippen LogP contribution in [0.4, 0.5) is 26.3 Å². The zero-order valence-corrected chi connectivity index (χ0v) is 20.7. The summed E-state index contributed by atoms with van der Waals surface area (Å²) < 4.78 is 106. The molecule has 1 aromatic heterocycles. The second-order valence-electron chi connectivity index (χ2n) is 9.11. The van der Waals surface area contributed by atoms with Crippen LogP contribution in [-0.4, -0.2) is 29.4 Å². The summed E-state index contributed by atoms with van der Waals surface area (Å²) in [6, 6.07) is 8.22. The number of rotatable bonds is 8. The van der Waals surface area contributed by atoms with E-state index in [1.807, 2.05) is 0 Å². The Hall–Kier alpha value is -3.35. The molecule has 0 spiro atoms. The lowest BCUT2D eigenvalue weighted by atomic mass is 9.75. The third kappa shape index (κ3) is 5.57. The molecule has 0 aliphatic heterocycles. The van der Waals surface area contributed by atoms with E-state index >= 15 is 0 Å². The standard InChI is InChI=1S/C25H23F6N3O3S/c1-14(20-10-11-21(20)38(36,37)19-8-4-17(26)5-9-19)24(35)32-12-15-13-34(33-22(15)23(27)28)18-6-2-16(3-7-18)25(29,30)31/h2-9,13-14,20-21,23H,10-12H2,1H3,(H,32,35)/t14-,20?,21?/m1/s1. The van der Waals surface area contributed by atoms with Crippen LogP contribution in [0.3, 0.4) is 0 Å². The van der Waals surface area contributed by atoms with Gasteiger partial charge in [0.05, 0.1) is 21.4 Å². The number of nitrogens with zero attached hydrogens (tertiary/aromatic N) is 2. The maximum Gasteiger partial charge on any atom is 0.416 e. The average molecular weight is 560 g/mol. The van der Waals surface area contributed by atoms with Crippen LogP contribution >= 0.6 is 0 Å². The predicted molar refractivity (Wildman–Crippen MR) is 125 cm³/mol. The van der Waals surface area contributed by atoms with E-state index in [0.717, 1.165) is 41.1 Å². The molecule has 4 rings (SSSR count). The minimum atomic E-state index is -4.55. The topological polar surface area (TPSA) is 81.1 Å². The van der Waals surface area contributed by atoms with Crippen LogP contribution in [0.25, 0.3) is 5.69 Å². The number of halogens is 6. The Morgan fingerprint density at radius 3 is 2.24 bits per heavy atom. The molecule has 2 aromatic carbocycles. The molecule has 1 aliphatic carbocycles. The minimum absolute atomic E-state index is 0.0375. The van der Waals surface area contributed by atoms with E-state index in [-0.39, 0.29) is 22.7 Å². The monoisotopic (exact) mass is 559 g/mol. The summed E-state index contributed by atoms with van der Waals surface area (Å²) in [5.41, 5.74) is -1.46. The van der Waals surface area contributed by atoms with Gasteiger partial charge in [0.25, 0.3) is 6.43 Å². The first-order valence-corrected chi connectivity index (χ1v) is 13.1. The van der Waals surface area contributed by atoms with Crippen LogP contribution in [0.15, 0.2) is 59.6 Å². The Kier molecular flexibility index (Phi) is 7.60. The summed E-state index contributed by atoms with van der Waals surface area (Å²) in [5.74, 6) is -2.40. The van der Waals surface area contributed by atoms with Crippen LogP contribution in [0.2, 0.25) is 0 Å². The van der Waals surface area contributed by atoms with Gasteiger partial charge in [-0.2, -0.15) is 18.3 Å². The van der Waals surface area contributed by atoms with Crippen molar-refractivity contribution in [3.63, 3.8) is 0 Å². The fraction of sp³-hybridized carbons (Fsp3) is 0.360. The Labute approximate surface area is 214 Å². The Balaban J connectivity index is 1.45. The van der Waals surface area contributed by atoms with Gasteiger partial charge in [-0.15, -0.1) is 0 Å². The van der Waals surface area contributed by atoms with Crippen molar-refractivity contribution in [3.05, 3.63) is 77.4 Å². The molecule has 3 aromatic rings. The van der Waals surface area contributed by atoms with Crippen molar-refractivity contribution in [2.24, 2.45) is 11.8 Å². The van der Waals surface area contributed by atoms with E-state index in [0.29, 0.717) is 12.8 Å². The van der Waals surface area contributed by atoms with Gasteiger partial charge in [0.15, 0.2) is 9.84 Å². The van der Waals surface area contributed by atoms with E-state index in [9.17, 15) is 39.6 Å². The highest BCUT2D eigenvalue weighted by atomic mass is 32.2. The number of hydrogen-bond acceptors (Lipinski definition) is 4. The van der Waals surface area contributed by atoms with Gasteiger partial charge >= 0.3 is 6.18 Å². The summed E-state index contributed by atoms with van der Waals surface area (Å²) in [4.78, 5) is 12.8. The maximum absolute atomic E-state index is 13.6. The lowest BCUT2D eigenvalue weighted by molar-refractivity contribution is -0.137. The lowest BCUT2D eigenvalue weighted by Crippen LogP contribution is -2.46. The molecule has 0 saturated heterocycles. The zero-order valence-electron chi connectivity index (χ0n) is 19.9. The summed E-state index contributed by atoms with van der Waals surface area (Å²) in [7, 11) is -3.80. The number of hydrogen-bond donors (Lipinski definition) is 1. The number of carbonyl (C=O) groups is 1. The van der Waals surface area contributed by atoms with Gasteiger partial charge in [0.1, 0.15) is 11.5 Å². The van der Waals surface area contributed by atoms with Crippen molar-refractivity contribution in [3.8, 4) is 5.69 Å². The molecule has 1 amide bonds. The van der Waals surface area contributed by atoms with Crippen molar-refractivity contribution >= 4 is 15.7 Å². The number of nitrogens with one attached hydrogen (secondary N) is 1. The molecule has 38 heavy (non-hydrogen) atoms. The molecule has 1 fully saturated rings. The van der Waals surface area contributed by atoms with Crippen LogP contribution < -0.4 is 5.32 Å². The average Bonchev–Trinajstić information content (AvgIpc) is 3.26. The molecule has 13 heteroatoms. The SMILES string of the molecule is C[C@@H](C(=O)NCc1cn(-c2ccc(C(F)(F)F)cc2)nc1C(F)F)C1CCC1S(=O)(=O)c1ccc(F)cc1. The van der Waals surface area contributed by atoms with E-state index in [1.165, 1.54) is 18.3 Å². The smallest absolute Gasteiger partial charge is 0.352 e. The first kappa shape index (κ1) is 27.7. The quantitative estimate of drug-likeness (QED) is 0.293. The van der Waals surface area contributed by atoms with Crippen molar-refractivity contribution < 1.29 is 39.6 Å². The molecular weight excluding hydrogens is 536 g/mol. The van der Waals surface area contributed by atoms with Gasteiger partial charge in [-0.05, 0) is 67.3 Å². The van der Waals surface area contributed by atoms with E-state index in [2.05, 4.69) is 10.4 Å². The first-order valence-electron chi connectivity index (χ1n) is 11.6. The van der Waals surface area contributed by atoms with Gasteiger partial charge in [0, 0.05) is 24.2 Å². The Morgan fingerprint density at radius 2 is 1.71 bits per heavy atom. The van der Waals surface area contributed by atoms with E-state index < -0.39 is 62.5 Å². The van der Waals surface area contributed by atoms with Gasteiger partial charge < -0.3 is 5.32 Å². The number of benzene rings is 2. The zero-order chi connectivity index (χ0) is 27.8. The van der Waals surface area contributed by atoms with E-state index in [4.69, 9.17) is 0 Å². The van der Waals surface area contributed by atoms with Crippen molar-refractivity contribution in [2.75, 3.05) is 0 Å². The van der Waals surface area contributed by atoms with Gasteiger partial charge in [-0.25, -0.2) is 26.3 Å². The predicted octanol–water partition coefficient (Wildman–Crippen LogP) is 5.47. The van der Waals surface area contributed by atoms with Crippen molar-refractivity contribution in [1.29, 1.82) is 0 Å². The molecule has 1 heterocycles. The molecule has 204 valence electrons. The third-order valence-electron chi connectivity index (χ3n) is 6.80. The van der Waals surface area contributed by atoms with Gasteiger partial charge in [-0.1, -0.05) is 6.92 Å². The van der Waals surface area contributed by atoms with Gasteiger partial charge in [-0.3, -0.25) is 4.79 Å². The van der Waals surface area contributed by atoms with Crippen LogP contribution in [0.1, 0.15) is 43.0 Å². The fourth-order valence-corrected chi connectivity index (χ4v) is 6.61. The number of sulfone groups is 1.